The van der Waals surface area contributed by atoms with Crippen molar-refractivity contribution >= 4 is 23.3 Å². The van der Waals surface area contributed by atoms with E-state index in [1.165, 1.54) is 0 Å². The number of nitrogens with zero attached hydrogens (tertiary/aromatic N) is 1. The number of benzene rings is 2. The van der Waals surface area contributed by atoms with E-state index in [-0.39, 0.29) is 18.0 Å². The second-order valence-corrected chi connectivity index (χ2v) is 6.11. The molecule has 2 aromatic rings. The first-order valence-electron chi connectivity index (χ1n) is 8.04. The summed E-state index contributed by atoms with van der Waals surface area (Å²) in [5, 5.41) is 5.79. The molecule has 5 heteroatoms. The first-order valence-corrected chi connectivity index (χ1v) is 8.04. The largest absolute Gasteiger partial charge is 0.333 e. The Hall–Kier alpha value is -2.82. The number of urea groups is 1. The third-order valence-corrected chi connectivity index (χ3v) is 4.25. The number of para-hydroxylation sites is 2. The Labute approximate surface area is 141 Å². The van der Waals surface area contributed by atoms with E-state index in [4.69, 9.17) is 0 Å². The number of hydrogen-bond donors (Lipinski definition) is 2. The standard InChI is InChI=1S/C19H21N3O2/c1-13-7-6-8-14(2)18(13)21-19(24)20-15-11-17(23)22(12-15)16-9-4-3-5-10-16/h3-10,15H,11-12H2,1-2H3,(H2,20,21,24)/t15-/m0/s1. The van der Waals surface area contributed by atoms with Crippen LogP contribution >= 0.6 is 0 Å². The molecule has 1 heterocycles. The molecule has 1 saturated heterocycles. The molecule has 0 saturated carbocycles. The molecule has 2 N–H and O–H groups in total. The molecule has 3 rings (SSSR count). The zero-order valence-corrected chi connectivity index (χ0v) is 13.9. The molecule has 0 spiro atoms. The summed E-state index contributed by atoms with van der Waals surface area (Å²) in [6.07, 6.45) is 0.315. The van der Waals surface area contributed by atoms with E-state index in [1.807, 2.05) is 62.4 Å². The van der Waals surface area contributed by atoms with Gasteiger partial charge in [-0.1, -0.05) is 36.4 Å². The van der Waals surface area contributed by atoms with Crippen LogP contribution in [0.1, 0.15) is 17.5 Å². The second kappa shape index (κ2) is 6.74. The minimum absolute atomic E-state index is 0.0265. The van der Waals surface area contributed by atoms with Crippen molar-refractivity contribution in [3.8, 4) is 0 Å². The number of hydrogen-bond acceptors (Lipinski definition) is 2. The highest BCUT2D eigenvalue weighted by Gasteiger charge is 2.31. The van der Waals surface area contributed by atoms with Gasteiger partial charge in [0, 0.05) is 24.3 Å². The molecule has 1 aliphatic rings. The SMILES string of the molecule is Cc1cccc(C)c1NC(=O)N[C@H]1CC(=O)N(c2ccccc2)C1. The third-order valence-electron chi connectivity index (χ3n) is 4.25. The van der Waals surface area contributed by atoms with Gasteiger partial charge in [0.25, 0.3) is 0 Å². The molecule has 24 heavy (non-hydrogen) atoms. The quantitative estimate of drug-likeness (QED) is 0.911. The number of anilines is 2. The van der Waals surface area contributed by atoms with Gasteiger partial charge in [-0.2, -0.15) is 0 Å². The zero-order chi connectivity index (χ0) is 17.1. The Bertz CT molecular complexity index is 738. The van der Waals surface area contributed by atoms with Crippen LogP contribution in [0.25, 0.3) is 0 Å². The molecule has 0 bridgehead atoms. The Kier molecular flexibility index (Phi) is 4.51. The monoisotopic (exact) mass is 323 g/mol. The van der Waals surface area contributed by atoms with Crippen LogP contribution in [0, 0.1) is 13.8 Å². The Morgan fingerprint density at radius 1 is 1.04 bits per heavy atom. The molecule has 5 nitrogen and oxygen atoms in total. The summed E-state index contributed by atoms with van der Waals surface area (Å²) in [4.78, 5) is 26.2. The maximum absolute atomic E-state index is 12.3. The van der Waals surface area contributed by atoms with Crippen molar-refractivity contribution in [3.63, 3.8) is 0 Å². The van der Waals surface area contributed by atoms with Crippen LogP contribution < -0.4 is 15.5 Å². The first kappa shape index (κ1) is 16.1. The van der Waals surface area contributed by atoms with Gasteiger partial charge in [0.05, 0.1) is 6.04 Å². The number of rotatable bonds is 3. The summed E-state index contributed by atoms with van der Waals surface area (Å²) < 4.78 is 0. The van der Waals surface area contributed by atoms with Crippen molar-refractivity contribution in [1.29, 1.82) is 0 Å². The summed E-state index contributed by atoms with van der Waals surface area (Å²) in [5.41, 5.74) is 3.71. The van der Waals surface area contributed by atoms with E-state index in [1.54, 1.807) is 4.90 Å². The predicted octanol–water partition coefficient (Wildman–Crippen LogP) is 3.23. The molecule has 2 aromatic carbocycles. The van der Waals surface area contributed by atoms with Gasteiger partial charge in [-0.15, -0.1) is 0 Å². The molecule has 3 amide bonds. The van der Waals surface area contributed by atoms with Crippen LogP contribution in [0.3, 0.4) is 0 Å². The Balaban J connectivity index is 1.63. The number of aryl methyl sites for hydroxylation is 2. The molecule has 0 unspecified atom stereocenters. The van der Waals surface area contributed by atoms with Gasteiger partial charge in [0.15, 0.2) is 0 Å². The number of nitrogens with one attached hydrogen (secondary N) is 2. The van der Waals surface area contributed by atoms with Crippen molar-refractivity contribution in [2.75, 3.05) is 16.8 Å². The molecule has 1 atom stereocenters. The van der Waals surface area contributed by atoms with E-state index in [0.29, 0.717) is 13.0 Å². The van der Waals surface area contributed by atoms with Crippen LogP contribution in [0.5, 0.6) is 0 Å². The normalized spacial score (nSPS) is 17.0. The van der Waals surface area contributed by atoms with Gasteiger partial charge in [0.1, 0.15) is 0 Å². The molecular weight excluding hydrogens is 302 g/mol. The van der Waals surface area contributed by atoms with Crippen molar-refractivity contribution < 1.29 is 9.59 Å². The molecular formula is C19H21N3O2. The van der Waals surface area contributed by atoms with E-state index < -0.39 is 0 Å². The molecule has 1 aliphatic heterocycles. The van der Waals surface area contributed by atoms with Crippen molar-refractivity contribution in [2.45, 2.75) is 26.3 Å². The van der Waals surface area contributed by atoms with Gasteiger partial charge in [-0.25, -0.2) is 4.79 Å². The minimum atomic E-state index is -0.278. The minimum Gasteiger partial charge on any atom is -0.333 e. The Morgan fingerprint density at radius 2 is 1.71 bits per heavy atom. The fourth-order valence-electron chi connectivity index (χ4n) is 3.01. The van der Waals surface area contributed by atoms with Gasteiger partial charge in [0.2, 0.25) is 5.91 Å². The highest BCUT2D eigenvalue weighted by molar-refractivity contribution is 5.97. The van der Waals surface area contributed by atoms with E-state index >= 15 is 0 Å². The highest BCUT2D eigenvalue weighted by Crippen LogP contribution is 2.22. The predicted molar refractivity (Wildman–Crippen MR) is 95.3 cm³/mol. The first-order chi connectivity index (χ1) is 11.5. The lowest BCUT2D eigenvalue weighted by atomic mass is 10.1. The van der Waals surface area contributed by atoms with Crippen LogP contribution in [0.2, 0.25) is 0 Å². The average molecular weight is 323 g/mol. The van der Waals surface area contributed by atoms with Crippen LogP contribution in [-0.4, -0.2) is 24.5 Å². The summed E-state index contributed by atoms with van der Waals surface area (Å²) >= 11 is 0. The summed E-state index contributed by atoms with van der Waals surface area (Å²) in [7, 11) is 0. The summed E-state index contributed by atoms with van der Waals surface area (Å²) in [6.45, 7) is 4.40. The zero-order valence-electron chi connectivity index (χ0n) is 13.9. The van der Waals surface area contributed by atoms with Gasteiger partial charge in [-0.05, 0) is 37.1 Å². The Morgan fingerprint density at radius 3 is 2.38 bits per heavy atom. The number of amides is 3. The van der Waals surface area contributed by atoms with Gasteiger partial charge in [-0.3, -0.25) is 4.79 Å². The summed E-state index contributed by atoms with van der Waals surface area (Å²) in [6, 6.07) is 14.9. The third kappa shape index (κ3) is 3.40. The lowest BCUT2D eigenvalue weighted by molar-refractivity contribution is -0.117. The summed E-state index contributed by atoms with van der Waals surface area (Å²) in [5.74, 6) is 0.0265. The van der Waals surface area contributed by atoms with Crippen molar-refractivity contribution in [3.05, 3.63) is 59.7 Å². The molecule has 124 valence electrons. The second-order valence-electron chi connectivity index (χ2n) is 6.11. The van der Waals surface area contributed by atoms with Crippen LogP contribution in [-0.2, 0) is 4.79 Å². The number of carbonyl (C=O) groups excluding carboxylic acids is 2. The maximum Gasteiger partial charge on any atom is 0.319 e. The van der Waals surface area contributed by atoms with E-state index in [9.17, 15) is 9.59 Å². The average Bonchev–Trinajstić information content (AvgIpc) is 2.92. The smallest absolute Gasteiger partial charge is 0.319 e. The lowest BCUT2D eigenvalue weighted by Gasteiger charge is -2.18. The fourth-order valence-corrected chi connectivity index (χ4v) is 3.01. The van der Waals surface area contributed by atoms with Gasteiger partial charge < -0.3 is 15.5 Å². The fraction of sp³-hybridized carbons (Fsp3) is 0.263. The van der Waals surface area contributed by atoms with Crippen LogP contribution in [0.4, 0.5) is 16.2 Å². The van der Waals surface area contributed by atoms with Crippen LogP contribution in [0.15, 0.2) is 48.5 Å². The van der Waals surface area contributed by atoms with Gasteiger partial charge >= 0.3 is 6.03 Å². The number of carbonyl (C=O) groups is 2. The van der Waals surface area contributed by atoms with Crippen molar-refractivity contribution in [2.24, 2.45) is 0 Å². The molecule has 0 aliphatic carbocycles. The van der Waals surface area contributed by atoms with Crippen molar-refractivity contribution in [1.82, 2.24) is 5.32 Å². The molecule has 0 radical (unpaired) electrons. The maximum atomic E-state index is 12.3. The highest BCUT2D eigenvalue weighted by atomic mass is 16.2. The van der Waals surface area contributed by atoms with E-state index in [0.717, 1.165) is 22.5 Å². The van der Waals surface area contributed by atoms with E-state index in [2.05, 4.69) is 10.6 Å². The lowest BCUT2D eigenvalue weighted by Crippen LogP contribution is -2.40. The molecule has 1 fully saturated rings. The molecule has 0 aromatic heterocycles. The topological polar surface area (TPSA) is 61.4 Å².